The van der Waals surface area contributed by atoms with Gasteiger partial charge < -0.3 is 0 Å². The Morgan fingerprint density at radius 2 is 2.25 bits per heavy atom. The minimum atomic E-state index is 0.741. The van der Waals surface area contributed by atoms with Crippen LogP contribution in [-0.2, 0) is 7.05 Å². The lowest BCUT2D eigenvalue weighted by Gasteiger charge is -1.93. The Morgan fingerprint density at radius 1 is 1.58 bits per heavy atom. The first-order valence-electron chi connectivity index (χ1n) is 4.40. The molecule has 2 rings (SSSR count). The third kappa shape index (κ3) is 0.986. The smallest absolute Gasteiger partial charge is 0.0690 e. The monoisotopic (exact) mass is 162 g/mol. The van der Waals surface area contributed by atoms with E-state index in [0.29, 0.717) is 0 Å². The lowest BCUT2D eigenvalue weighted by Crippen LogP contribution is -1.93. The minimum Gasteiger partial charge on any atom is -0.268 e. The first-order chi connectivity index (χ1) is 5.74. The molecule has 1 aromatic rings. The van der Waals surface area contributed by atoms with Gasteiger partial charge in [0.05, 0.1) is 11.4 Å². The van der Waals surface area contributed by atoms with Crippen LogP contribution in [0.5, 0.6) is 0 Å². The van der Waals surface area contributed by atoms with E-state index in [0.717, 1.165) is 11.6 Å². The summed E-state index contributed by atoms with van der Waals surface area (Å²) >= 11 is 0. The van der Waals surface area contributed by atoms with Gasteiger partial charge in [-0.3, -0.25) is 4.68 Å². The molecule has 0 N–H and O–H groups in total. The van der Waals surface area contributed by atoms with Crippen LogP contribution in [0.15, 0.2) is 6.58 Å². The van der Waals surface area contributed by atoms with Crippen molar-refractivity contribution in [3.05, 3.63) is 23.5 Å². The van der Waals surface area contributed by atoms with Crippen LogP contribution < -0.4 is 0 Å². The summed E-state index contributed by atoms with van der Waals surface area (Å²) in [5.41, 5.74) is 3.76. The third-order valence-electron chi connectivity index (χ3n) is 2.53. The zero-order valence-corrected chi connectivity index (χ0v) is 7.67. The fourth-order valence-corrected chi connectivity index (χ4v) is 1.69. The van der Waals surface area contributed by atoms with Gasteiger partial charge in [0.2, 0.25) is 0 Å². The Bertz CT molecular complexity index is 319. The standard InChI is InChI=1S/C10H14N2/c1-4-9-7(2)10(8-5-6-8)11-12(9)3/h4,8H,1,5-6H2,2-3H3. The molecule has 1 aliphatic carbocycles. The maximum Gasteiger partial charge on any atom is 0.0690 e. The van der Waals surface area contributed by atoms with Gasteiger partial charge in [-0.05, 0) is 31.4 Å². The molecule has 0 atom stereocenters. The molecule has 0 radical (unpaired) electrons. The number of aryl methyl sites for hydroxylation is 1. The van der Waals surface area contributed by atoms with Crippen LogP contribution in [0.1, 0.15) is 35.7 Å². The van der Waals surface area contributed by atoms with Crippen LogP contribution in [0.4, 0.5) is 0 Å². The molecule has 1 heterocycles. The van der Waals surface area contributed by atoms with Crippen molar-refractivity contribution in [1.82, 2.24) is 9.78 Å². The van der Waals surface area contributed by atoms with Gasteiger partial charge >= 0.3 is 0 Å². The van der Waals surface area contributed by atoms with Crippen LogP contribution in [0.25, 0.3) is 6.08 Å². The number of hydrogen-bond donors (Lipinski definition) is 0. The van der Waals surface area contributed by atoms with Crippen LogP contribution in [-0.4, -0.2) is 9.78 Å². The highest BCUT2D eigenvalue weighted by molar-refractivity contribution is 5.49. The van der Waals surface area contributed by atoms with Crippen LogP contribution >= 0.6 is 0 Å². The molecule has 0 bridgehead atoms. The first kappa shape index (κ1) is 7.59. The minimum absolute atomic E-state index is 0.741. The second kappa shape index (κ2) is 2.47. The average molecular weight is 162 g/mol. The number of nitrogens with zero attached hydrogens (tertiary/aromatic N) is 2. The number of hydrogen-bond acceptors (Lipinski definition) is 1. The largest absolute Gasteiger partial charge is 0.268 e. The molecule has 0 saturated heterocycles. The molecule has 64 valence electrons. The van der Waals surface area contributed by atoms with Crippen molar-refractivity contribution in [2.45, 2.75) is 25.7 Å². The van der Waals surface area contributed by atoms with Gasteiger partial charge in [0.25, 0.3) is 0 Å². The van der Waals surface area contributed by atoms with Crippen molar-refractivity contribution < 1.29 is 0 Å². The Morgan fingerprint density at radius 3 is 2.67 bits per heavy atom. The van der Waals surface area contributed by atoms with Crippen molar-refractivity contribution in [3.63, 3.8) is 0 Å². The molecule has 12 heavy (non-hydrogen) atoms. The van der Waals surface area contributed by atoms with Crippen molar-refractivity contribution in [2.75, 3.05) is 0 Å². The summed E-state index contributed by atoms with van der Waals surface area (Å²) in [6, 6.07) is 0. The van der Waals surface area contributed by atoms with Gasteiger partial charge in [0, 0.05) is 13.0 Å². The zero-order valence-electron chi connectivity index (χ0n) is 7.67. The molecule has 2 heteroatoms. The molecule has 0 aliphatic heterocycles. The van der Waals surface area contributed by atoms with E-state index in [4.69, 9.17) is 0 Å². The predicted octanol–water partition coefficient (Wildman–Crippen LogP) is 2.25. The molecule has 1 fully saturated rings. The molecule has 0 spiro atoms. The van der Waals surface area contributed by atoms with Crippen molar-refractivity contribution >= 4 is 6.08 Å². The van der Waals surface area contributed by atoms with E-state index in [2.05, 4.69) is 18.6 Å². The quantitative estimate of drug-likeness (QED) is 0.652. The van der Waals surface area contributed by atoms with Gasteiger partial charge in [0.15, 0.2) is 0 Å². The van der Waals surface area contributed by atoms with E-state index in [1.165, 1.54) is 24.1 Å². The number of aromatic nitrogens is 2. The van der Waals surface area contributed by atoms with E-state index < -0.39 is 0 Å². The Labute approximate surface area is 72.9 Å². The molecule has 1 saturated carbocycles. The molecule has 2 nitrogen and oxygen atoms in total. The summed E-state index contributed by atoms with van der Waals surface area (Å²) in [4.78, 5) is 0. The molecule has 1 aliphatic rings. The summed E-state index contributed by atoms with van der Waals surface area (Å²) in [5, 5.41) is 4.49. The van der Waals surface area contributed by atoms with Crippen LogP contribution in [0.2, 0.25) is 0 Å². The Hall–Kier alpha value is -1.05. The fraction of sp³-hybridized carbons (Fsp3) is 0.500. The molecule has 1 aromatic heterocycles. The Kier molecular flexibility index (Phi) is 1.56. The van der Waals surface area contributed by atoms with Crippen molar-refractivity contribution in [1.29, 1.82) is 0 Å². The highest BCUT2D eigenvalue weighted by Gasteiger charge is 2.28. The second-order valence-corrected chi connectivity index (χ2v) is 3.50. The molecule has 0 aromatic carbocycles. The first-order valence-corrected chi connectivity index (χ1v) is 4.40. The van der Waals surface area contributed by atoms with E-state index in [1.807, 2.05) is 17.8 Å². The lowest BCUT2D eigenvalue weighted by molar-refractivity contribution is 0.737. The maximum absolute atomic E-state index is 4.49. The maximum atomic E-state index is 4.49. The molecular formula is C10H14N2. The summed E-state index contributed by atoms with van der Waals surface area (Å²) in [7, 11) is 1.98. The van der Waals surface area contributed by atoms with E-state index in [-0.39, 0.29) is 0 Å². The molecular weight excluding hydrogens is 148 g/mol. The SMILES string of the molecule is C=Cc1c(C)c(C2CC2)nn1C. The molecule has 0 unspecified atom stereocenters. The Balaban J connectivity index is 2.49. The normalized spacial score (nSPS) is 16.5. The highest BCUT2D eigenvalue weighted by atomic mass is 15.3. The van der Waals surface area contributed by atoms with Gasteiger partial charge in [-0.15, -0.1) is 0 Å². The zero-order chi connectivity index (χ0) is 8.72. The topological polar surface area (TPSA) is 17.8 Å². The average Bonchev–Trinajstić information content (AvgIpc) is 2.80. The van der Waals surface area contributed by atoms with E-state index in [1.54, 1.807) is 0 Å². The summed E-state index contributed by atoms with van der Waals surface area (Å²) in [5.74, 6) is 0.741. The van der Waals surface area contributed by atoms with Crippen molar-refractivity contribution in [2.24, 2.45) is 7.05 Å². The summed E-state index contributed by atoms with van der Waals surface area (Å²) < 4.78 is 1.93. The van der Waals surface area contributed by atoms with Crippen LogP contribution in [0.3, 0.4) is 0 Å². The van der Waals surface area contributed by atoms with Crippen LogP contribution in [0, 0.1) is 6.92 Å². The summed E-state index contributed by atoms with van der Waals surface area (Å²) in [6.07, 6.45) is 4.51. The van der Waals surface area contributed by atoms with Gasteiger partial charge in [-0.1, -0.05) is 6.58 Å². The second-order valence-electron chi connectivity index (χ2n) is 3.50. The lowest BCUT2D eigenvalue weighted by atomic mass is 10.1. The molecule has 0 amide bonds. The highest BCUT2D eigenvalue weighted by Crippen LogP contribution is 2.41. The van der Waals surface area contributed by atoms with Gasteiger partial charge in [0.1, 0.15) is 0 Å². The van der Waals surface area contributed by atoms with Gasteiger partial charge in [-0.2, -0.15) is 5.10 Å². The van der Waals surface area contributed by atoms with Gasteiger partial charge in [-0.25, -0.2) is 0 Å². The summed E-state index contributed by atoms with van der Waals surface area (Å²) in [6.45, 7) is 5.92. The fourth-order valence-electron chi connectivity index (χ4n) is 1.69. The van der Waals surface area contributed by atoms with E-state index >= 15 is 0 Å². The number of rotatable bonds is 2. The third-order valence-corrected chi connectivity index (χ3v) is 2.53. The van der Waals surface area contributed by atoms with Crippen molar-refractivity contribution in [3.8, 4) is 0 Å². The van der Waals surface area contributed by atoms with E-state index in [9.17, 15) is 0 Å². The predicted molar refractivity (Wildman–Crippen MR) is 50.0 cm³/mol.